The summed E-state index contributed by atoms with van der Waals surface area (Å²) < 4.78 is 11.3. The second-order valence-corrected chi connectivity index (χ2v) is 5.39. The zero-order valence-corrected chi connectivity index (χ0v) is 11.6. The van der Waals surface area contributed by atoms with Gasteiger partial charge in [-0.15, -0.1) is 11.3 Å². The van der Waals surface area contributed by atoms with Crippen molar-refractivity contribution >= 4 is 17.0 Å². The predicted molar refractivity (Wildman–Crippen MR) is 76.2 cm³/mol. The molecule has 1 aromatic heterocycles. The first-order valence-corrected chi connectivity index (χ1v) is 7.24. The molecule has 0 aliphatic carbocycles. The van der Waals surface area contributed by atoms with E-state index < -0.39 is 0 Å². The fourth-order valence-corrected chi connectivity index (χ4v) is 2.65. The van der Waals surface area contributed by atoms with Gasteiger partial charge in [0.1, 0.15) is 5.01 Å². The van der Waals surface area contributed by atoms with E-state index in [0.29, 0.717) is 6.61 Å². The zero-order chi connectivity index (χ0) is 13.1. The summed E-state index contributed by atoms with van der Waals surface area (Å²) in [6.45, 7) is 4.17. The molecule has 0 atom stereocenters. The van der Waals surface area contributed by atoms with Crippen LogP contribution in [0.4, 0.5) is 5.69 Å². The van der Waals surface area contributed by atoms with Crippen LogP contribution in [0.1, 0.15) is 17.1 Å². The quantitative estimate of drug-likeness (QED) is 0.934. The van der Waals surface area contributed by atoms with E-state index in [9.17, 15) is 0 Å². The summed E-state index contributed by atoms with van der Waals surface area (Å²) in [7, 11) is 0. The van der Waals surface area contributed by atoms with Gasteiger partial charge < -0.3 is 14.8 Å². The van der Waals surface area contributed by atoms with Crippen LogP contribution in [-0.4, -0.2) is 18.2 Å². The van der Waals surface area contributed by atoms with Crippen molar-refractivity contribution in [3.8, 4) is 11.5 Å². The van der Waals surface area contributed by atoms with Crippen molar-refractivity contribution in [1.82, 2.24) is 4.98 Å². The number of fused-ring (bicyclic) bond motifs is 1. The van der Waals surface area contributed by atoms with Gasteiger partial charge in [-0.25, -0.2) is 4.98 Å². The Bertz CT molecular complexity index is 568. The lowest BCUT2D eigenvalue weighted by Crippen LogP contribution is -2.00. The molecule has 0 saturated carbocycles. The molecule has 4 nitrogen and oxygen atoms in total. The molecular weight excluding hydrogens is 260 g/mol. The Morgan fingerprint density at radius 1 is 1.26 bits per heavy atom. The Hall–Kier alpha value is -1.75. The Morgan fingerprint density at radius 2 is 2.11 bits per heavy atom. The molecule has 19 heavy (non-hydrogen) atoms. The molecule has 2 heterocycles. The van der Waals surface area contributed by atoms with Gasteiger partial charge in [0.15, 0.2) is 11.5 Å². The second-order valence-electron chi connectivity index (χ2n) is 4.45. The van der Waals surface area contributed by atoms with Gasteiger partial charge in [0.25, 0.3) is 0 Å². The van der Waals surface area contributed by atoms with E-state index in [-0.39, 0.29) is 0 Å². The van der Waals surface area contributed by atoms with Gasteiger partial charge in [0.2, 0.25) is 0 Å². The minimum atomic E-state index is 0.710. The molecule has 0 unspecified atom stereocenters. The highest BCUT2D eigenvalue weighted by Crippen LogP contribution is 2.32. The first-order valence-electron chi connectivity index (χ1n) is 6.36. The molecule has 0 radical (unpaired) electrons. The highest BCUT2D eigenvalue weighted by molar-refractivity contribution is 7.09. The van der Waals surface area contributed by atoms with Gasteiger partial charge in [0, 0.05) is 29.2 Å². The largest absolute Gasteiger partial charge is 0.490 e. The van der Waals surface area contributed by atoms with Crippen LogP contribution in [0.15, 0.2) is 23.6 Å². The number of hydrogen-bond acceptors (Lipinski definition) is 5. The molecule has 0 fully saturated rings. The van der Waals surface area contributed by atoms with Crippen molar-refractivity contribution in [2.75, 3.05) is 18.5 Å². The first-order chi connectivity index (χ1) is 9.31. The Kier molecular flexibility index (Phi) is 3.55. The number of anilines is 1. The Labute approximate surface area is 116 Å². The lowest BCUT2D eigenvalue weighted by atomic mass is 10.2. The third kappa shape index (κ3) is 2.98. The van der Waals surface area contributed by atoms with E-state index in [1.807, 2.05) is 25.1 Å². The SMILES string of the molecule is Cc1csc(CNc2ccc3c(c2)OCCCO3)n1. The average Bonchev–Trinajstić information content (AvgIpc) is 2.70. The van der Waals surface area contributed by atoms with Gasteiger partial charge >= 0.3 is 0 Å². The molecule has 0 bridgehead atoms. The standard InChI is InChI=1S/C14H16N2O2S/c1-10-9-19-14(16-10)8-15-11-3-4-12-13(7-11)18-6-2-5-17-12/h3-4,7,9,15H,2,5-6,8H2,1H3. The molecule has 3 rings (SSSR count). The highest BCUT2D eigenvalue weighted by Gasteiger charge is 2.10. The smallest absolute Gasteiger partial charge is 0.163 e. The van der Waals surface area contributed by atoms with Crippen molar-refractivity contribution in [3.63, 3.8) is 0 Å². The van der Waals surface area contributed by atoms with E-state index in [1.165, 1.54) is 0 Å². The minimum Gasteiger partial charge on any atom is -0.490 e. The monoisotopic (exact) mass is 276 g/mol. The Morgan fingerprint density at radius 3 is 2.89 bits per heavy atom. The van der Waals surface area contributed by atoms with E-state index >= 15 is 0 Å². The summed E-state index contributed by atoms with van der Waals surface area (Å²) in [6.07, 6.45) is 0.926. The molecule has 5 heteroatoms. The van der Waals surface area contributed by atoms with E-state index in [1.54, 1.807) is 11.3 Å². The molecule has 1 N–H and O–H groups in total. The maximum atomic E-state index is 5.67. The lowest BCUT2D eigenvalue weighted by molar-refractivity contribution is 0.297. The van der Waals surface area contributed by atoms with Crippen LogP contribution >= 0.6 is 11.3 Å². The molecular formula is C14H16N2O2S. The number of rotatable bonds is 3. The van der Waals surface area contributed by atoms with Crippen LogP contribution < -0.4 is 14.8 Å². The van der Waals surface area contributed by atoms with Crippen LogP contribution in [0, 0.1) is 6.92 Å². The summed E-state index contributed by atoms with van der Waals surface area (Å²) in [5.74, 6) is 1.64. The number of ether oxygens (including phenoxy) is 2. The summed E-state index contributed by atoms with van der Waals surface area (Å²) in [5, 5.41) is 6.51. The number of nitrogens with zero attached hydrogens (tertiary/aromatic N) is 1. The minimum absolute atomic E-state index is 0.710. The normalized spacial score (nSPS) is 13.9. The van der Waals surface area contributed by atoms with Gasteiger partial charge in [-0.05, 0) is 19.1 Å². The highest BCUT2D eigenvalue weighted by atomic mass is 32.1. The van der Waals surface area contributed by atoms with Crippen LogP contribution in [-0.2, 0) is 6.54 Å². The van der Waals surface area contributed by atoms with Crippen molar-refractivity contribution < 1.29 is 9.47 Å². The van der Waals surface area contributed by atoms with Crippen molar-refractivity contribution in [3.05, 3.63) is 34.3 Å². The van der Waals surface area contributed by atoms with Gasteiger partial charge in [-0.1, -0.05) is 0 Å². The molecule has 100 valence electrons. The van der Waals surface area contributed by atoms with Crippen molar-refractivity contribution in [2.45, 2.75) is 19.9 Å². The number of nitrogens with one attached hydrogen (secondary N) is 1. The van der Waals surface area contributed by atoms with E-state index in [2.05, 4.69) is 15.7 Å². The number of aryl methyl sites for hydroxylation is 1. The van der Waals surface area contributed by atoms with Crippen LogP contribution in [0.5, 0.6) is 11.5 Å². The molecule has 0 amide bonds. The number of thiazole rings is 1. The third-order valence-corrected chi connectivity index (χ3v) is 3.82. The third-order valence-electron chi connectivity index (χ3n) is 2.86. The summed E-state index contributed by atoms with van der Waals surface area (Å²) in [4.78, 5) is 4.43. The predicted octanol–water partition coefficient (Wildman–Crippen LogP) is 3.22. The number of hydrogen-bond donors (Lipinski definition) is 1. The van der Waals surface area contributed by atoms with E-state index in [4.69, 9.17) is 9.47 Å². The summed E-state index contributed by atoms with van der Waals surface area (Å²) in [6, 6.07) is 5.95. The molecule has 2 aromatic rings. The van der Waals surface area contributed by atoms with Crippen LogP contribution in [0.3, 0.4) is 0 Å². The van der Waals surface area contributed by atoms with Crippen molar-refractivity contribution in [2.24, 2.45) is 0 Å². The molecule has 1 aromatic carbocycles. The molecule has 1 aliphatic heterocycles. The van der Waals surface area contributed by atoms with Crippen LogP contribution in [0.25, 0.3) is 0 Å². The maximum Gasteiger partial charge on any atom is 0.163 e. The van der Waals surface area contributed by atoms with Gasteiger partial charge in [-0.2, -0.15) is 0 Å². The number of benzene rings is 1. The molecule has 1 aliphatic rings. The number of aromatic nitrogens is 1. The second kappa shape index (κ2) is 5.48. The zero-order valence-electron chi connectivity index (χ0n) is 10.8. The topological polar surface area (TPSA) is 43.4 Å². The fourth-order valence-electron chi connectivity index (χ4n) is 1.93. The van der Waals surface area contributed by atoms with Gasteiger partial charge in [-0.3, -0.25) is 0 Å². The van der Waals surface area contributed by atoms with E-state index in [0.717, 1.165) is 47.5 Å². The molecule has 0 saturated heterocycles. The fraction of sp³-hybridized carbons (Fsp3) is 0.357. The summed E-state index contributed by atoms with van der Waals surface area (Å²) >= 11 is 1.67. The van der Waals surface area contributed by atoms with Gasteiger partial charge in [0.05, 0.1) is 19.8 Å². The lowest BCUT2D eigenvalue weighted by Gasteiger charge is -2.10. The first kappa shape index (κ1) is 12.3. The summed E-state index contributed by atoms with van der Waals surface area (Å²) in [5.41, 5.74) is 2.09. The van der Waals surface area contributed by atoms with Crippen LogP contribution in [0.2, 0.25) is 0 Å². The average molecular weight is 276 g/mol. The Balaban J connectivity index is 1.69. The van der Waals surface area contributed by atoms with Crippen molar-refractivity contribution in [1.29, 1.82) is 0 Å². The maximum absolute atomic E-state index is 5.67. The molecule has 0 spiro atoms.